The second-order valence-corrected chi connectivity index (χ2v) is 29.0. The molecule has 14 fully saturated rings. The van der Waals surface area contributed by atoms with Gasteiger partial charge in [-0.1, -0.05) is 52.7 Å². The summed E-state index contributed by atoms with van der Waals surface area (Å²) in [4.78, 5) is 86.7. The molecule has 10 heterocycles. The van der Waals surface area contributed by atoms with Crippen molar-refractivity contribution in [1.29, 1.82) is 0 Å². The monoisotopic (exact) mass is 1050 g/mol. The lowest BCUT2D eigenvalue weighted by molar-refractivity contribution is -0.364. The zero-order valence-corrected chi connectivity index (χ0v) is 45.7. The molecule has 6 aliphatic carbocycles. The molecule has 16 nitrogen and oxygen atoms in total. The van der Waals surface area contributed by atoms with Crippen LogP contribution in [0.5, 0.6) is 0 Å². The normalized spacial score (nSPS) is 58.7. The first-order valence-corrected chi connectivity index (χ1v) is 29.3. The molecule has 2 N–H and O–H groups in total. The fourth-order valence-electron chi connectivity index (χ4n) is 23.4. The van der Waals surface area contributed by atoms with E-state index in [1.54, 1.807) is 12.2 Å². The van der Waals surface area contributed by atoms with Crippen LogP contribution in [0.15, 0.2) is 23.3 Å². The number of ether oxygens (including phenoxy) is 6. The van der Waals surface area contributed by atoms with E-state index < -0.39 is 103 Å². The van der Waals surface area contributed by atoms with Gasteiger partial charge in [-0.05, 0) is 114 Å². The van der Waals surface area contributed by atoms with Gasteiger partial charge in [0.1, 0.15) is 35.2 Å². The highest BCUT2D eigenvalue weighted by molar-refractivity contribution is 6.01. The van der Waals surface area contributed by atoms with E-state index in [1.807, 2.05) is 27.7 Å². The van der Waals surface area contributed by atoms with E-state index in [-0.39, 0.29) is 98.4 Å². The molecule has 8 bridgehead atoms. The molecule has 10 aliphatic heterocycles. The van der Waals surface area contributed by atoms with E-state index >= 15 is 0 Å². The van der Waals surface area contributed by atoms with Gasteiger partial charge in [-0.2, -0.15) is 0 Å². The van der Waals surface area contributed by atoms with Gasteiger partial charge in [-0.15, -0.1) is 0 Å². The minimum atomic E-state index is -1.11. The number of carbonyl (C=O) groups excluding carboxylic acids is 6. The molecule has 0 aromatic heterocycles. The highest BCUT2D eigenvalue weighted by atomic mass is 16.6. The molecule has 0 aromatic carbocycles. The Morgan fingerprint density at radius 2 is 0.961 bits per heavy atom. The largest absolute Gasteiger partial charge is 0.465 e. The highest BCUT2D eigenvalue weighted by Gasteiger charge is 2.91. The highest BCUT2D eigenvalue weighted by Crippen LogP contribution is 2.82. The summed E-state index contributed by atoms with van der Waals surface area (Å²) >= 11 is 0. The number of piperidine rings is 2. The van der Waals surface area contributed by atoms with E-state index in [2.05, 4.69) is 37.5 Å². The van der Waals surface area contributed by atoms with Gasteiger partial charge in [0.05, 0.1) is 51.5 Å². The molecule has 10 saturated heterocycles. The van der Waals surface area contributed by atoms with Crippen molar-refractivity contribution in [2.45, 2.75) is 180 Å². The van der Waals surface area contributed by atoms with Gasteiger partial charge in [0.2, 0.25) is 0 Å². The van der Waals surface area contributed by atoms with E-state index in [0.29, 0.717) is 50.6 Å². The minimum absolute atomic E-state index is 0.00412. The third kappa shape index (κ3) is 5.15. The number of carbonyl (C=O) groups is 6. The van der Waals surface area contributed by atoms with E-state index in [0.717, 1.165) is 49.7 Å². The van der Waals surface area contributed by atoms with Crippen molar-refractivity contribution in [2.75, 3.05) is 39.5 Å². The molecule has 8 spiro atoms. The SMILES string of the molecule is CC1=CC(=O)[C@@H]2[C@@H](C1)[C@]13CO[C@@]4([C@H]1O)N1C[C@H]5C[C@H](C)C[C@]1(CC[C@@]4(C)[C@]1(COC(=O)C1)[C@H]3C(=O)[C@@H]2C)O5.CC1=CC(=O)[C@@H]2[C@@H](C1)[C@]13CO[C@@]4([C@H]1O)N1C[C@H]5C[C@H](C)C[C@]1(CC[C@@]4(C)[C@]1(COC(=O)C1)[C@H]3C(=O)[C@@H]2C)O5. The molecule has 4 saturated carbocycles. The van der Waals surface area contributed by atoms with Crippen molar-refractivity contribution >= 4 is 35.1 Å². The number of aliphatic hydroxyl groups is 2. The van der Waals surface area contributed by atoms with Crippen LogP contribution in [0.1, 0.15) is 132 Å². The van der Waals surface area contributed by atoms with Crippen LogP contribution in [-0.4, -0.2) is 142 Å². The van der Waals surface area contributed by atoms with Crippen LogP contribution < -0.4 is 0 Å². The first-order valence-electron chi connectivity index (χ1n) is 29.3. The molecule has 16 heteroatoms. The Balaban J connectivity index is 0.000000133. The lowest BCUT2D eigenvalue weighted by atomic mass is 9.33. The standard InChI is InChI=1S/2C30H39NO7/c2*1-15-8-19-22(20(32)9-15)17(3)23(34)24-27(11-21(33)36-13-27)26(4)5-6-28-10-16(2)7-18(38-28)12-31(28)30(26)25(35)29(19,24)14-37-30/h2*9,16-19,22,24-25,35H,5-8,10-14H2,1-4H3/t2*16-,17+,18+,19+,22-,24+,25-,26-,27+,28-,29-,30+/m00/s1. The summed E-state index contributed by atoms with van der Waals surface area (Å²) in [6, 6.07) is 0. The van der Waals surface area contributed by atoms with Crippen molar-refractivity contribution in [3.05, 3.63) is 23.3 Å². The maximum Gasteiger partial charge on any atom is 0.306 e. The Hall–Kier alpha value is -3.22. The average Bonchev–Trinajstić information content (AvgIpc) is 1.81. The average molecular weight is 1050 g/mol. The number of nitrogens with zero attached hydrogens (tertiary/aromatic N) is 2. The summed E-state index contributed by atoms with van der Waals surface area (Å²) < 4.78 is 39.2. The number of hydrogen-bond donors (Lipinski definition) is 2. The first kappa shape index (κ1) is 49.8. The molecule has 0 aromatic rings. The molecular formula is C60H78N2O14. The van der Waals surface area contributed by atoms with E-state index in [4.69, 9.17) is 28.4 Å². The zero-order valence-electron chi connectivity index (χ0n) is 45.7. The Kier molecular flexibility index (Phi) is 9.83. The van der Waals surface area contributed by atoms with Gasteiger partial charge in [-0.25, -0.2) is 9.80 Å². The van der Waals surface area contributed by atoms with Crippen LogP contribution in [0.4, 0.5) is 0 Å². The Morgan fingerprint density at radius 3 is 1.33 bits per heavy atom. The molecule has 412 valence electrons. The maximum atomic E-state index is 14.6. The molecule has 76 heavy (non-hydrogen) atoms. The van der Waals surface area contributed by atoms with Gasteiger partial charge in [-0.3, -0.25) is 28.8 Å². The van der Waals surface area contributed by atoms with Gasteiger partial charge in [0.15, 0.2) is 23.0 Å². The summed E-state index contributed by atoms with van der Waals surface area (Å²) in [5, 5.41) is 25.7. The van der Waals surface area contributed by atoms with Crippen LogP contribution in [0.2, 0.25) is 0 Å². The lowest BCUT2D eigenvalue weighted by Gasteiger charge is -2.72. The van der Waals surface area contributed by atoms with Crippen molar-refractivity contribution in [3.8, 4) is 0 Å². The van der Waals surface area contributed by atoms with Gasteiger partial charge in [0.25, 0.3) is 0 Å². The van der Waals surface area contributed by atoms with Crippen LogP contribution in [0.3, 0.4) is 0 Å². The smallest absolute Gasteiger partial charge is 0.306 e. The van der Waals surface area contributed by atoms with Crippen LogP contribution in [0.25, 0.3) is 0 Å². The zero-order chi connectivity index (χ0) is 53.2. The number of fused-ring (bicyclic) bond motifs is 8. The first-order chi connectivity index (χ1) is 35.9. The molecular weight excluding hydrogens is 973 g/mol. The Bertz CT molecular complexity index is 2610. The summed E-state index contributed by atoms with van der Waals surface area (Å²) in [6.45, 7) is 18.6. The van der Waals surface area contributed by atoms with Crippen LogP contribution >= 0.6 is 0 Å². The van der Waals surface area contributed by atoms with Crippen LogP contribution in [0, 0.1) is 91.7 Å². The fraction of sp³-hybridized carbons (Fsp3) is 0.833. The fourth-order valence-corrected chi connectivity index (χ4v) is 23.4. The van der Waals surface area contributed by atoms with Gasteiger partial charge in [0, 0.05) is 81.1 Å². The molecule has 0 amide bonds. The van der Waals surface area contributed by atoms with Crippen molar-refractivity contribution in [3.63, 3.8) is 0 Å². The molecule has 0 unspecified atom stereocenters. The van der Waals surface area contributed by atoms with Crippen molar-refractivity contribution in [1.82, 2.24) is 9.80 Å². The second-order valence-electron chi connectivity index (χ2n) is 29.0. The third-order valence-electron chi connectivity index (χ3n) is 26.0. The number of esters is 2. The number of hydrogen-bond acceptors (Lipinski definition) is 16. The summed E-state index contributed by atoms with van der Waals surface area (Å²) in [6.07, 6.45) is 9.73. The number of cyclic esters (lactones) is 2. The molecule has 16 rings (SSSR count). The van der Waals surface area contributed by atoms with Crippen LogP contribution in [-0.2, 0) is 57.2 Å². The minimum Gasteiger partial charge on any atom is -0.465 e. The lowest BCUT2D eigenvalue weighted by Crippen LogP contribution is -2.83. The molecule has 16 aliphatic rings. The number of ketones is 4. The Morgan fingerprint density at radius 1 is 0.566 bits per heavy atom. The van der Waals surface area contributed by atoms with E-state index in [1.165, 1.54) is 0 Å². The topological polar surface area (TPSA) is 205 Å². The number of Topliss-reactive ketones (excluding diaryl/α,β-unsaturated/α-hetero) is 2. The summed E-state index contributed by atoms with van der Waals surface area (Å²) in [5.41, 5.74) is -6.27. The number of rotatable bonds is 0. The summed E-state index contributed by atoms with van der Waals surface area (Å²) in [5.74, 6) is -3.21. The summed E-state index contributed by atoms with van der Waals surface area (Å²) in [7, 11) is 0. The van der Waals surface area contributed by atoms with Gasteiger partial charge >= 0.3 is 11.9 Å². The molecule has 24 atom stereocenters. The third-order valence-corrected chi connectivity index (χ3v) is 26.0. The van der Waals surface area contributed by atoms with Gasteiger partial charge < -0.3 is 38.6 Å². The Labute approximate surface area is 445 Å². The second kappa shape index (κ2) is 15.0. The number of aliphatic hydroxyl groups excluding tert-OH is 2. The van der Waals surface area contributed by atoms with Crippen molar-refractivity contribution in [2.24, 2.45) is 91.7 Å². The molecule has 0 radical (unpaired) electrons. The predicted octanol–water partition coefficient (Wildman–Crippen LogP) is 5.24. The van der Waals surface area contributed by atoms with E-state index in [9.17, 15) is 39.0 Å². The number of allylic oxidation sites excluding steroid dienone is 4. The quantitative estimate of drug-likeness (QED) is 0.298. The predicted molar refractivity (Wildman–Crippen MR) is 266 cm³/mol. The van der Waals surface area contributed by atoms with Crippen molar-refractivity contribution < 1.29 is 67.4 Å². The maximum absolute atomic E-state index is 14.6.